The first-order valence-electron chi connectivity index (χ1n) is 6.58. The van der Waals surface area contributed by atoms with Gasteiger partial charge in [-0.1, -0.05) is 0 Å². The molecule has 1 fully saturated rings. The topological polar surface area (TPSA) is 58.6 Å². The molecule has 20 heavy (non-hydrogen) atoms. The van der Waals surface area contributed by atoms with Crippen molar-refractivity contribution in [3.63, 3.8) is 0 Å². The predicted molar refractivity (Wildman–Crippen MR) is 75.8 cm³/mol. The Balaban J connectivity index is 2.04. The lowest BCUT2D eigenvalue weighted by molar-refractivity contribution is 0.386. The molecule has 2 aliphatic heterocycles. The van der Waals surface area contributed by atoms with Gasteiger partial charge in [-0.3, -0.25) is 0 Å². The van der Waals surface area contributed by atoms with E-state index in [-0.39, 0.29) is 23.3 Å². The van der Waals surface area contributed by atoms with E-state index in [4.69, 9.17) is 4.74 Å². The summed E-state index contributed by atoms with van der Waals surface area (Å²) in [5.41, 5.74) is 1.52. The highest BCUT2D eigenvalue weighted by Crippen LogP contribution is 2.37. The summed E-state index contributed by atoms with van der Waals surface area (Å²) in [7, 11) is -1.55. The molecule has 0 saturated carbocycles. The molecular weight excluding hydrogens is 283 g/mol. The minimum atomic E-state index is -2.97. The normalized spacial score (nSPS) is 24.1. The van der Waals surface area contributed by atoms with Gasteiger partial charge in [-0.2, -0.15) is 0 Å². The van der Waals surface area contributed by atoms with Crippen LogP contribution >= 0.6 is 0 Å². The third kappa shape index (κ3) is 2.30. The van der Waals surface area contributed by atoms with Gasteiger partial charge in [-0.25, -0.2) is 12.8 Å². The van der Waals surface area contributed by atoms with E-state index in [0.717, 1.165) is 12.1 Å². The van der Waals surface area contributed by atoms with Gasteiger partial charge < -0.3 is 15.0 Å². The van der Waals surface area contributed by atoms with Crippen molar-refractivity contribution in [2.45, 2.75) is 12.5 Å². The molecule has 7 heteroatoms. The summed E-state index contributed by atoms with van der Waals surface area (Å²) >= 11 is 0. The second-order valence-corrected chi connectivity index (χ2v) is 7.41. The summed E-state index contributed by atoms with van der Waals surface area (Å²) in [6.45, 7) is 1.08. The summed E-state index contributed by atoms with van der Waals surface area (Å²) in [5.74, 6) is 0.0673. The fourth-order valence-electron chi connectivity index (χ4n) is 2.89. The minimum absolute atomic E-state index is 0.0577. The lowest BCUT2D eigenvalue weighted by Crippen LogP contribution is -2.48. The molecule has 0 amide bonds. The Morgan fingerprint density at radius 2 is 2.25 bits per heavy atom. The second-order valence-electron chi connectivity index (χ2n) is 5.18. The lowest BCUT2D eigenvalue weighted by atomic mass is 10.1. The van der Waals surface area contributed by atoms with Crippen molar-refractivity contribution in [3.05, 3.63) is 17.9 Å². The SMILES string of the molecule is COc1cc2c(cc1F)NCCC1CS(=O)(=O)CCN21. The first-order chi connectivity index (χ1) is 9.50. The first-order valence-corrected chi connectivity index (χ1v) is 8.41. The largest absolute Gasteiger partial charge is 0.494 e. The fraction of sp³-hybridized carbons (Fsp3) is 0.538. The van der Waals surface area contributed by atoms with Gasteiger partial charge in [0.05, 0.1) is 30.0 Å². The van der Waals surface area contributed by atoms with Crippen molar-refractivity contribution in [3.8, 4) is 5.75 Å². The number of nitrogens with one attached hydrogen (secondary N) is 1. The zero-order valence-corrected chi connectivity index (χ0v) is 12.0. The molecule has 0 spiro atoms. The van der Waals surface area contributed by atoms with E-state index >= 15 is 0 Å². The third-order valence-electron chi connectivity index (χ3n) is 3.90. The summed E-state index contributed by atoms with van der Waals surface area (Å²) in [6.07, 6.45) is 0.720. The maximum atomic E-state index is 13.8. The smallest absolute Gasteiger partial charge is 0.167 e. The molecule has 0 aromatic heterocycles. The number of rotatable bonds is 1. The Kier molecular flexibility index (Phi) is 3.24. The Bertz CT molecular complexity index is 633. The van der Waals surface area contributed by atoms with Gasteiger partial charge in [0.25, 0.3) is 0 Å². The molecule has 110 valence electrons. The molecule has 0 aliphatic carbocycles. The van der Waals surface area contributed by atoms with Crippen molar-refractivity contribution in [2.75, 3.05) is 41.9 Å². The van der Waals surface area contributed by atoms with Crippen molar-refractivity contribution in [2.24, 2.45) is 0 Å². The third-order valence-corrected chi connectivity index (χ3v) is 5.60. The van der Waals surface area contributed by atoms with Gasteiger partial charge in [-0.05, 0) is 6.42 Å². The Labute approximate surface area is 117 Å². The lowest BCUT2D eigenvalue weighted by Gasteiger charge is -2.36. The molecule has 5 nitrogen and oxygen atoms in total. The Morgan fingerprint density at radius 1 is 1.45 bits per heavy atom. The Morgan fingerprint density at radius 3 is 3.00 bits per heavy atom. The molecule has 0 radical (unpaired) electrons. The highest BCUT2D eigenvalue weighted by Gasteiger charge is 2.34. The molecule has 1 unspecified atom stereocenters. The second kappa shape index (κ2) is 4.80. The summed E-state index contributed by atoms with van der Waals surface area (Å²) in [5, 5.41) is 3.17. The average Bonchev–Trinajstić information content (AvgIpc) is 2.54. The van der Waals surface area contributed by atoms with E-state index in [2.05, 4.69) is 10.2 Å². The predicted octanol–water partition coefficient (Wildman–Crippen LogP) is 1.25. The van der Waals surface area contributed by atoms with Crippen molar-refractivity contribution < 1.29 is 17.5 Å². The van der Waals surface area contributed by atoms with Gasteiger partial charge in [0.1, 0.15) is 0 Å². The molecule has 2 aliphatic rings. The first kappa shape index (κ1) is 13.5. The van der Waals surface area contributed by atoms with Gasteiger partial charge in [0, 0.05) is 31.3 Å². The number of methoxy groups -OCH3 is 1. The van der Waals surface area contributed by atoms with Crippen LogP contribution in [0.4, 0.5) is 15.8 Å². The zero-order chi connectivity index (χ0) is 14.3. The molecule has 1 aromatic carbocycles. The summed E-state index contributed by atoms with van der Waals surface area (Å²) in [6, 6.07) is 3.01. The standard InChI is InChI=1S/C13H17FN2O3S/c1-19-13-7-12-11(6-10(13)14)15-3-2-9-8-20(17,18)5-4-16(9)12/h6-7,9,15H,2-5,8H2,1H3. The number of benzene rings is 1. The molecule has 1 N–H and O–H groups in total. The van der Waals surface area contributed by atoms with Crippen LogP contribution in [-0.4, -0.2) is 46.2 Å². The van der Waals surface area contributed by atoms with E-state index in [1.807, 2.05) is 0 Å². The quantitative estimate of drug-likeness (QED) is 0.846. The van der Waals surface area contributed by atoms with Crippen LogP contribution in [0.2, 0.25) is 0 Å². The van der Waals surface area contributed by atoms with Gasteiger partial charge in [-0.15, -0.1) is 0 Å². The summed E-state index contributed by atoms with van der Waals surface area (Å²) in [4.78, 5) is 2.05. The highest BCUT2D eigenvalue weighted by atomic mass is 32.2. The molecule has 2 heterocycles. The van der Waals surface area contributed by atoms with Crippen LogP contribution in [0.3, 0.4) is 0 Å². The van der Waals surface area contributed by atoms with E-state index < -0.39 is 15.7 Å². The van der Waals surface area contributed by atoms with Gasteiger partial charge >= 0.3 is 0 Å². The number of hydrogen-bond acceptors (Lipinski definition) is 5. The molecule has 0 bridgehead atoms. The number of hydrogen-bond donors (Lipinski definition) is 1. The van der Waals surface area contributed by atoms with Crippen molar-refractivity contribution in [1.29, 1.82) is 0 Å². The number of nitrogens with zero attached hydrogens (tertiary/aromatic N) is 1. The highest BCUT2D eigenvalue weighted by molar-refractivity contribution is 7.91. The van der Waals surface area contributed by atoms with Gasteiger partial charge in [0.15, 0.2) is 21.4 Å². The zero-order valence-electron chi connectivity index (χ0n) is 11.2. The summed E-state index contributed by atoms with van der Waals surface area (Å²) < 4.78 is 42.4. The van der Waals surface area contributed by atoms with Crippen LogP contribution in [0.5, 0.6) is 5.75 Å². The molecule has 1 aromatic rings. The number of halogens is 1. The van der Waals surface area contributed by atoms with E-state index in [0.29, 0.717) is 18.8 Å². The molecule has 3 rings (SSSR count). The number of ether oxygens (including phenoxy) is 1. The Hall–Kier alpha value is -1.50. The maximum Gasteiger partial charge on any atom is 0.167 e. The molecule has 1 saturated heterocycles. The monoisotopic (exact) mass is 300 g/mol. The van der Waals surface area contributed by atoms with Crippen molar-refractivity contribution in [1.82, 2.24) is 0 Å². The minimum Gasteiger partial charge on any atom is -0.494 e. The van der Waals surface area contributed by atoms with Crippen molar-refractivity contribution >= 4 is 21.2 Å². The van der Waals surface area contributed by atoms with Crippen LogP contribution in [0.15, 0.2) is 12.1 Å². The molecular formula is C13H17FN2O3S. The molecule has 1 atom stereocenters. The number of anilines is 2. The number of fused-ring (bicyclic) bond motifs is 3. The number of sulfone groups is 1. The van der Waals surface area contributed by atoms with E-state index in [1.54, 1.807) is 6.07 Å². The maximum absolute atomic E-state index is 13.8. The van der Waals surface area contributed by atoms with Crippen LogP contribution in [0.25, 0.3) is 0 Å². The fourth-order valence-corrected chi connectivity index (χ4v) is 4.47. The van der Waals surface area contributed by atoms with Crippen LogP contribution in [0, 0.1) is 5.82 Å². The van der Waals surface area contributed by atoms with Gasteiger partial charge in [0.2, 0.25) is 0 Å². The van der Waals surface area contributed by atoms with Crippen LogP contribution in [-0.2, 0) is 9.84 Å². The van der Waals surface area contributed by atoms with E-state index in [1.165, 1.54) is 13.2 Å². The van der Waals surface area contributed by atoms with Crippen LogP contribution < -0.4 is 15.0 Å². The van der Waals surface area contributed by atoms with Crippen LogP contribution in [0.1, 0.15) is 6.42 Å². The van der Waals surface area contributed by atoms with E-state index in [9.17, 15) is 12.8 Å². The average molecular weight is 300 g/mol.